The minimum atomic E-state index is 0.399. The molecule has 0 spiro atoms. The Hall–Kier alpha value is -1.27. The fourth-order valence-electron chi connectivity index (χ4n) is 4.30. The minimum absolute atomic E-state index is 0.399. The highest BCUT2D eigenvalue weighted by Crippen LogP contribution is 2.34. The summed E-state index contributed by atoms with van der Waals surface area (Å²) >= 11 is 1.79. The van der Waals surface area contributed by atoms with Crippen LogP contribution in [0.15, 0.2) is 41.4 Å². The molecule has 2 fully saturated rings. The fourth-order valence-corrected chi connectivity index (χ4v) is 4.96. The molecule has 128 valence electrons. The lowest BCUT2D eigenvalue weighted by Crippen LogP contribution is -2.50. The smallest absolute Gasteiger partial charge is 0.0639 e. The maximum atomic E-state index is 5.83. The van der Waals surface area contributed by atoms with Crippen molar-refractivity contribution in [2.75, 3.05) is 26.7 Å². The van der Waals surface area contributed by atoms with Gasteiger partial charge < -0.3 is 4.74 Å². The summed E-state index contributed by atoms with van der Waals surface area (Å²) in [7, 11) is 1.88. The van der Waals surface area contributed by atoms with Crippen LogP contribution in [0.3, 0.4) is 0 Å². The topological polar surface area (TPSA) is 28.6 Å². The minimum Gasteiger partial charge on any atom is -0.381 e. The molecule has 5 heteroatoms. The average Bonchev–Trinajstić information content (AvgIpc) is 3.26. The molecule has 2 aromatic rings. The van der Waals surface area contributed by atoms with Crippen molar-refractivity contribution in [2.24, 2.45) is 5.92 Å². The normalized spacial score (nSPS) is 28.1. The lowest BCUT2D eigenvalue weighted by molar-refractivity contribution is -0.0244. The molecule has 2 aromatic heterocycles. The van der Waals surface area contributed by atoms with Gasteiger partial charge in [-0.15, -0.1) is 0 Å². The van der Waals surface area contributed by atoms with E-state index in [1.54, 1.807) is 11.3 Å². The van der Waals surface area contributed by atoms with Gasteiger partial charge in [0.2, 0.25) is 0 Å². The second-order valence-corrected chi connectivity index (χ2v) is 7.73. The molecule has 4 rings (SSSR count). The molecule has 0 unspecified atom stereocenters. The number of fused-ring (bicyclic) bond motifs is 1. The fraction of sp³-hybridized carbons (Fsp3) is 0.526. The Labute approximate surface area is 148 Å². The van der Waals surface area contributed by atoms with E-state index in [0.29, 0.717) is 18.1 Å². The molecule has 4 heterocycles. The summed E-state index contributed by atoms with van der Waals surface area (Å²) in [6, 6.07) is 7.11. The molecule has 2 aliphatic heterocycles. The van der Waals surface area contributed by atoms with Gasteiger partial charge in [-0.1, -0.05) is 0 Å². The number of rotatable bonds is 5. The number of ether oxygens (including phenoxy) is 1. The molecule has 2 saturated heterocycles. The van der Waals surface area contributed by atoms with Crippen LogP contribution in [0.1, 0.15) is 17.5 Å². The Bertz CT molecular complexity index is 633. The average molecular weight is 343 g/mol. The van der Waals surface area contributed by atoms with Gasteiger partial charge in [0.25, 0.3) is 0 Å². The zero-order chi connectivity index (χ0) is 16.4. The molecule has 3 atom stereocenters. The molecule has 0 aromatic carbocycles. The molecule has 0 bridgehead atoms. The second kappa shape index (κ2) is 7.31. The number of methoxy groups -OCH3 is 1. The first-order chi connectivity index (χ1) is 11.8. The summed E-state index contributed by atoms with van der Waals surface area (Å²) in [5.41, 5.74) is 2.80. The number of thiophene rings is 1. The van der Waals surface area contributed by atoms with Gasteiger partial charge in [0, 0.05) is 64.2 Å². The zero-order valence-electron chi connectivity index (χ0n) is 14.2. The Morgan fingerprint density at radius 2 is 2.04 bits per heavy atom. The third kappa shape index (κ3) is 3.40. The molecule has 0 amide bonds. The SMILES string of the molecule is CO[C@@H]1CCN(Cc2ccsc2)[C@@H]2CN(Cc3ccncc3)C[C@@H]21. The number of pyridine rings is 1. The van der Waals surface area contributed by atoms with Gasteiger partial charge in [0.1, 0.15) is 0 Å². The summed E-state index contributed by atoms with van der Waals surface area (Å²) in [5, 5.41) is 4.46. The van der Waals surface area contributed by atoms with Gasteiger partial charge in [-0.25, -0.2) is 0 Å². The van der Waals surface area contributed by atoms with Crippen LogP contribution >= 0.6 is 11.3 Å². The van der Waals surface area contributed by atoms with Crippen LogP contribution in [0.25, 0.3) is 0 Å². The highest BCUT2D eigenvalue weighted by molar-refractivity contribution is 7.07. The maximum absolute atomic E-state index is 5.83. The first-order valence-corrected chi connectivity index (χ1v) is 9.67. The third-order valence-corrected chi connectivity index (χ3v) is 6.21. The predicted molar refractivity (Wildman–Crippen MR) is 96.9 cm³/mol. The molecule has 0 radical (unpaired) electrons. The van der Waals surface area contributed by atoms with Crippen molar-refractivity contribution >= 4 is 11.3 Å². The van der Waals surface area contributed by atoms with Gasteiger partial charge in [-0.2, -0.15) is 11.3 Å². The van der Waals surface area contributed by atoms with Crippen LogP contribution in [-0.2, 0) is 17.8 Å². The van der Waals surface area contributed by atoms with E-state index in [1.807, 2.05) is 19.5 Å². The summed E-state index contributed by atoms with van der Waals surface area (Å²) in [5.74, 6) is 0.615. The van der Waals surface area contributed by atoms with Crippen molar-refractivity contribution in [3.63, 3.8) is 0 Å². The van der Waals surface area contributed by atoms with Crippen LogP contribution in [0, 0.1) is 5.92 Å². The van der Waals surface area contributed by atoms with Gasteiger partial charge in [0.05, 0.1) is 6.10 Å². The first-order valence-electron chi connectivity index (χ1n) is 8.72. The number of nitrogens with zero attached hydrogens (tertiary/aromatic N) is 3. The first kappa shape index (κ1) is 16.2. The van der Waals surface area contributed by atoms with Gasteiger partial charge in [-0.05, 0) is 46.5 Å². The van der Waals surface area contributed by atoms with Crippen molar-refractivity contribution in [2.45, 2.75) is 31.7 Å². The monoisotopic (exact) mass is 343 g/mol. The Balaban J connectivity index is 1.47. The molecule has 0 N–H and O–H groups in total. The summed E-state index contributed by atoms with van der Waals surface area (Å²) < 4.78 is 5.83. The number of piperidine rings is 1. The molecule has 0 saturated carbocycles. The van der Waals surface area contributed by atoms with Crippen molar-refractivity contribution in [1.29, 1.82) is 0 Å². The Kier molecular flexibility index (Phi) is 4.94. The van der Waals surface area contributed by atoms with Gasteiger partial charge in [0.15, 0.2) is 0 Å². The highest BCUT2D eigenvalue weighted by Gasteiger charge is 2.44. The van der Waals surface area contributed by atoms with Crippen molar-refractivity contribution in [1.82, 2.24) is 14.8 Å². The lowest BCUT2D eigenvalue weighted by Gasteiger charge is -2.41. The summed E-state index contributed by atoms with van der Waals surface area (Å²) in [4.78, 5) is 9.39. The number of likely N-dealkylation sites (tertiary alicyclic amines) is 2. The van der Waals surface area contributed by atoms with E-state index in [-0.39, 0.29) is 0 Å². The van der Waals surface area contributed by atoms with Crippen molar-refractivity contribution in [3.05, 3.63) is 52.5 Å². The Morgan fingerprint density at radius 3 is 2.79 bits per heavy atom. The van der Waals surface area contributed by atoms with Crippen LogP contribution in [0.2, 0.25) is 0 Å². The predicted octanol–water partition coefficient (Wildman–Crippen LogP) is 2.86. The Morgan fingerprint density at radius 1 is 1.17 bits per heavy atom. The van der Waals surface area contributed by atoms with E-state index in [4.69, 9.17) is 4.74 Å². The second-order valence-electron chi connectivity index (χ2n) is 6.95. The number of aromatic nitrogens is 1. The van der Waals surface area contributed by atoms with Crippen molar-refractivity contribution in [3.8, 4) is 0 Å². The van der Waals surface area contributed by atoms with Gasteiger partial charge >= 0.3 is 0 Å². The molecule has 4 nitrogen and oxygen atoms in total. The van der Waals surface area contributed by atoms with Crippen LogP contribution < -0.4 is 0 Å². The van der Waals surface area contributed by atoms with Crippen LogP contribution in [0.5, 0.6) is 0 Å². The highest BCUT2D eigenvalue weighted by atomic mass is 32.1. The summed E-state index contributed by atoms with van der Waals surface area (Å²) in [6.07, 6.45) is 5.32. The molecule has 0 aliphatic carbocycles. The quantitative estimate of drug-likeness (QED) is 0.835. The maximum Gasteiger partial charge on any atom is 0.0639 e. The standard InChI is InChI=1S/C19H25N3OS/c1-23-19-4-8-22(11-16-5-9-24-14-16)18-13-21(12-17(18)19)10-15-2-6-20-7-3-15/h2-3,5-7,9,14,17-19H,4,8,10-13H2,1H3/t17-,18+,19+/m0/s1. The largest absolute Gasteiger partial charge is 0.381 e. The van der Waals surface area contributed by atoms with E-state index >= 15 is 0 Å². The van der Waals surface area contributed by atoms with E-state index in [2.05, 4.69) is 43.7 Å². The number of hydrogen-bond donors (Lipinski definition) is 0. The zero-order valence-corrected chi connectivity index (χ0v) is 15.0. The molecule has 24 heavy (non-hydrogen) atoms. The van der Waals surface area contributed by atoms with E-state index in [1.165, 1.54) is 11.1 Å². The molecule has 2 aliphatic rings. The van der Waals surface area contributed by atoms with Crippen LogP contribution in [-0.4, -0.2) is 53.7 Å². The van der Waals surface area contributed by atoms with E-state index in [9.17, 15) is 0 Å². The van der Waals surface area contributed by atoms with E-state index < -0.39 is 0 Å². The third-order valence-electron chi connectivity index (χ3n) is 5.48. The van der Waals surface area contributed by atoms with Gasteiger partial charge in [-0.3, -0.25) is 14.8 Å². The van der Waals surface area contributed by atoms with Crippen molar-refractivity contribution < 1.29 is 4.74 Å². The summed E-state index contributed by atoms with van der Waals surface area (Å²) in [6.45, 7) is 5.49. The van der Waals surface area contributed by atoms with E-state index in [0.717, 1.165) is 39.1 Å². The lowest BCUT2D eigenvalue weighted by atomic mass is 9.89. The molecular weight excluding hydrogens is 318 g/mol. The number of hydrogen-bond acceptors (Lipinski definition) is 5. The van der Waals surface area contributed by atoms with Crippen LogP contribution in [0.4, 0.5) is 0 Å². The molecular formula is C19H25N3OS.